The van der Waals surface area contributed by atoms with Gasteiger partial charge in [-0.25, -0.2) is 4.79 Å². The Morgan fingerprint density at radius 2 is 1.83 bits per heavy atom. The fourth-order valence-corrected chi connectivity index (χ4v) is 7.02. The molecule has 3 unspecified atom stereocenters. The monoisotopic (exact) mass is 624 g/mol. The average molecular weight is 625 g/mol. The van der Waals surface area contributed by atoms with Gasteiger partial charge in [-0.15, -0.1) is 0 Å². The number of aliphatic imine (C=N–C) groups is 1. The van der Waals surface area contributed by atoms with Gasteiger partial charge in [0.1, 0.15) is 17.3 Å². The summed E-state index contributed by atoms with van der Waals surface area (Å²) in [5.41, 5.74) is 3.75. The summed E-state index contributed by atoms with van der Waals surface area (Å²) in [5, 5.41) is 11.4. The molecule has 1 aliphatic carbocycles. The molecule has 240 valence electrons. The molecule has 3 atom stereocenters. The Hall–Kier alpha value is -4.63. The van der Waals surface area contributed by atoms with E-state index in [0.717, 1.165) is 28.7 Å². The molecule has 46 heavy (non-hydrogen) atoms. The largest absolute Gasteiger partial charge is 0.497 e. The van der Waals surface area contributed by atoms with Crippen molar-refractivity contribution in [1.29, 1.82) is 0 Å². The van der Waals surface area contributed by atoms with Gasteiger partial charge in [-0.3, -0.25) is 9.79 Å². The van der Waals surface area contributed by atoms with Gasteiger partial charge in [0.25, 0.3) is 5.56 Å². The number of rotatable bonds is 8. The molecule has 6 rings (SSSR count). The number of aromatic nitrogens is 1. The highest BCUT2D eigenvalue weighted by Crippen LogP contribution is 2.53. The van der Waals surface area contributed by atoms with E-state index in [4.69, 9.17) is 23.9 Å². The molecule has 3 heterocycles. The Balaban J connectivity index is 1.66. The predicted octanol–water partition coefficient (Wildman–Crippen LogP) is 6.40. The summed E-state index contributed by atoms with van der Waals surface area (Å²) in [5.74, 6) is 0.853. The van der Waals surface area contributed by atoms with E-state index in [9.17, 15) is 14.7 Å². The summed E-state index contributed by atoms with van der Waals surface area (Å²) >= 11 is 0. The lowest BCUT2D eigenvalue weighted by atomic mass is 9.66. The van der Waals surface area contributed by atoms with E-state index in [2.05, 4.69) is 13.0 Å². The van der Waals surface area contributed by atoms with Gasteiger partial charge in [-0.2, -0.15) is 0 Å². The Bertz CT molecular complexity index is 1900. The molecule has 0 amide bonds. The van der Waals surface area contributed by atoms with Gasteiger partial charge in [-0.1, -0.05) is 11.6 Å². The second-order valence-electron chi connectivity index (χ2n) is 13.2. The number of pyridine rings is 1. The zero-order valence-corrected chi connectivity index (χ0v) is 27.3. The number of benzene rings is 2. The van der Waals surface area contributed by atoms with Crippen molar-refractivity contribution in [3.05, 3.63) is 98.6 Å². The second-order valence-corrected chi connectivity index (χ2v) is 13.2. The number of aliphatic carboxylic acids is 1. The van der Waals surface area contributed by atoms with E-state index < -0.39 is 23.2 Å². The van der Waals surface area contributed by atoms with Crippen LogP contribution in [0, 0.1) is 12.8 Å². The number of carbonyl (C=O) groups is 1. The van der Waals surface area contributed by atoms with Gasteiger partial charge in [0, 0.05) is 35.7 Å². The third-order valence-electron chi connectivity index (χ3n) is 8.99. The fourth-order valence-electron chi connectivity index (χ4n) is 7.02. The highest BCUT2D eigenvalue weighted by molar-refractivity contribution is 6.00. The zero-order chi connectivity index (χ0) is 33.0. The number of carboxylic acid groups (broad SMARTS) is 1. The third kappa shape index (κ3) is 5.42. The van der Waals surface area contributed by atoms with E-state index in [1.807, 2.05) is 64.3 Å². The summed E-state index contributed by atoms with van der Waals surface area (Å²) in [4.78, 5) is 31.7. The van der Waals surface area contributed by atoms with Gasteiger partial charge < -0.3 is 28.6 Å². The molecule has 0 radical (unpaired) electrons. The van der Waals surface area contributed by atoms with Crippen molar-refractivity contribution in [3.63, 3.8) is 0 Å². The normalized spacial score (nSPS) is 21.0. The van der Waals surface area contributed by atoms with Gasteiger partial charge in [0.15, 0.2) is 6.10 Å². The van der Waals surface area contributed by atoms with Crippen LogP contribution in [0.3, 0.4) is 0 Å². The highest BCUT2D eigenvalue weighted by atomic mass is 16.5. The Morgan fingerprint density at radius 1 is 1.11 bits per heavy atom. The number of allylic oxidation sites excluding steroid dienone is 3. The fraction of sp³-hybridized carbons (Fsp3) is 0.378. The quantitative estimate of drug-likeness (QED) is 0.309. The van der Waals surface area contributed by atoms with Crippen LogP contribution in [0.4, 0.5) is 0 Å². The lowest BCUT2D eigenvalue weighted by Crippen LogP contribution is -2.43. The van der Waals surface area contributed by atoms with Crippen LogP contribution >= 0.6 is 0 Å². The zero-order valence-electron chi connectivity index (χ0n) is 27.3. The van der Waals surface area contributed by atoms with Crippen LogP contribution in [0.15, 0.2) is 75.7 Å². The summed E-state index contributed by atoms with van der Waals surface area (Å²) in [6.07, 6.45) is 7.39. The molecule has 3 aromatic rings. The van der Waals surface area contributed by atoms with Crippen molar-refractivity contribution in [2.24, 2.45) is 10.9 Å². The first-order chi connectivity index (χ1) is 21.8. The van der Waals surface area contributed by atoms with Crippen molar-refractivity contribution < 1.29 is 28.8 Å². The number of ether oxygens (including phenoxy) is 4. The lowest BCUT2D eigenvalue weighted by Gasteiger charge is -2.45. The smallest absolute Gasteiger partial charge is 0.337 e. The molecule has 0 bridgehead atoms. The molecule has 9 nitrogen and oxygen atoms in total. The van der Waals surface area contributed by atoms with E-state index in [1.165, 1.54) is 11.6 Å². The molecule has 2 aliphatic heterocycles. The van der Waals surface area contributed by atoms with Crippen LogP contribution in [0.5, 0.6) is 11.5 Å². The van der Waals surface area contributed by atoms with Crippen LogP contribution in [0.2, 0.25) is 0 Å². The van der Waals surface area contributed by atoms with E-state index >= 15 is 0 Å². The average Bonchev–Trinajstić information content (AvgIpc) is 3.00. The van der Waals surface area contributed by atoms with Crippen molar-refractivity contribution in [3.8, 4) is 11.5 Å². The van der Waals surface area contributed by atoms with Crippen LogP contribution in [-0.4, -0.2) is 53.8 Å². The van der Waals surface area contributed by atoms with E-state index in [1.54, 1.807) is 30.9 Å². The number of fused-ring (bicyclic) bond motifs is 1. The minimum absolute atomic E-state index is 0.128. The van der Waals surface area contributed by atoms with Crippen molar-refractivity contribution in [1.82, 2.24) is 4.57 Å². The van der Waals surface area contributed by atoms with Crippen LogP contribution in [-0.2, 0) is 20.8 Å². The summed E-state index contributed by atoms with van der Waals surface area (Å²) < 4.78 is 25.1. The maximum Gasteiger partial charge on any atom is 0.337 e. The van der Waals surface area contributed by atoms with Crippen LogP contribution in [0.1, 0.15) is 62.5 Å². The summed E-state index contributed by atoms with van der Waals surface area (Å²) in [7, 11) is 3.17. The number of nitrogens with zero attached hydrogens (tertiary/aromatic N) is 2. The number of hydrogen-bond acceptors (Lipinski definition) is 7. The van der Waals surface area contributed by atoms with Crippen molar-refractivity contribution in [2.75, 3.05) is 20.8 Å². The van der Waals surface area contributed by atoms with Gasteiger partial charge >= 0.3 is 5.97 Å². The van der Waals surface area contributed by atoms with Gasteiger partial charge in [0.05, 0.1) is 49.9 Å². The number of aryl methyl sites for hydroxylation is 1. The molecule has 1 fully saturated rings. The van der Waals surface area contributed by atoms with E-state index in [-0.39, 0.29) is 18.0 Å². The summed E-state index contributed by atoms with van der Waals surface area (Å²) in [6.45, 7) is 10.3. The maximum atomic E-state index is 13.6. The Morgan fingerprint density at radius 3 is 2.48 bits per heavy atom. The highest BCUT2D eigenvalue weighted by Gasteiger charge is 2.49. The molecular weight excluding hydrogens is 584 g/mol. The number of methoxy groups -OCH3 is 2. The SMILES string of the molecule is COc1cc(Cn2c(=O)ccc3c(C4=CC=C5OCCC6=CC=NC4(C)C65)c(C(OC(C)(C)C)C(=O)O)c(C)cc32)cc(OC)c1. The minimum Gasteiger partial charge on any atom is -0.497 e. The summed E-state index contributed by atoms with van der Waals surface area (Å²) in [6, 6.07) is 10.7. The van der Waals surface area contributed by atoms with Crippen molar-refractivity contribution >= 4 is 28.7 Å². The number of carboxylic acids is 1. The minimum atomic E-state index is -1.28. The first-order valence-corrected chi connectivity index (χ1v) is 15.4. The maximum absolute atomic E-state index is 13.6. The first-order valence-electron chi connectivity index (χ1n) is 15.4. The van der Waals surface area contributed by atoms with Crippen LogP contribution < -0.4 is 15.0 Å². The molecule has 1 N–H and O–H groups in total. The lowest BCUT2D eigenvalue weighted by molar-refractivity contribution is -0.160. The molecule has 0 spiro atoms. The third-order valence-corrected chi connectivity index (χ3v) is 8.99. The molecule has 2 aromatic carbocycles. The second kappa shape index (κ2) is 11.6. The topological polar surface area (TPSA) is 109 Å². The predicted molar refractivity (Wildman–Crippen MR) is 178 cm³/mol. The van der Waals surface area contributed by atoms with Gasteiger partial charge in [-0.05, 0) is 93.3 Å². The molecule has 1 saturated heterocycles. The molecule has 3 aliphatic rings. The molecule has 9 heteroatoms. The Labute approximate surface area is 268 Å². The Kier molecular flexibility index (Phi) is 7.92. The number of hydrogen-bond donors (Lipinski definition) is 1. The van der Waals surface area contributed by atoms with Crippen molar-refractivity contribution in [2.45, 2.75) is 64.8 Å². The molecule has 0 saturated carbocycles. The first kappa shape index (κ1) is 31.4. The van der Waals surface area contributed by atoms with E-state index in [0.29, 0.717) is 40.3 Å². The standard InChI is InChI=1S/C37H40N2O7/c1-21-16-28-26(8-11-30(40)39(28)20-22-17-24(43-6)19-25(18-22)44-7)32(31(21)34(35(41)42)46-36(2,3)4)27-9-10-29-33-23(13-15-45-29)12-14-38-37(27,33)5/h8-12,14,16-19,33-34H,13,15,20H2,1-7H3,(H,41,42). The van der Waals surface area contributed by atoms with Crippen LogP contribution in [0.25, 0.3) is 16.5 Å². The molecule has 1 aromatic heterocycles. The number of dihydropyridines is 1. The molecular formula is C37H40N2O7. The van der Waals surface area contributed by atoms with Gasteiger partial charge in [0.2, 0.25) is 0 Å².